The summed E-state index contributed by atoms with van der Waals surface area (Å²) in [5.41, 5.74) is 0.715. The molecule has 3 rings (SSSR count). The van der Waals surface area contributed by atoms with Crippen LogP contribution in [0.2, 0.25) is 0 Å². The lowest BCUT2D eigenvalue weighted by Gasteiger charge is -2.23. The maximum Gasteiger partial charge on any atom is 0.359 e. The fraction of sp³-hybridized carbons (Fsp3) is 0.429. The molecule has 106 valence electrons. The van der Waals surface area contributed by atoms with Gasteiger partial charge in [-0.2, -0.15) is 5.10 Å². The van der Waals surface area contributed by atoms with E-state index in [1.54, 1.807) is 22.9 Å². The van der Waals surface area contributed by atoms with Gasteiger partial charge in [-0.15, -0.1) is 0 Å². The number of aromatic hydroxyl groups is 1. The highest BCUT2D eigenvalue weighted by atomic mass is 16.5. The Kier molecular flexibility index (Phi) is 3.31. The summed E-state index contributed by atoms with van der Waals surface area (Å²) in [5.74, 6) is -0.436. The molecule has 6 heteroatoms. The number of fused-ring (bicyclic) bond motifs is 1. The molecular formula is C14H16N2O4. The van der Waals surface area contributed by atoms with Crippen LogP contribution in [-0.2, 0) is 9.47 Å². The first kappa shape index (κ1) is 12.9. The van der Waals surface area contributed by atoms with E-state index in [-0.39, 0.29) is 17.7 Å². The van der Waals surface area contributed by atoms with Crippen molar-refractivity contribution in [1.29, 1.82) is 0 Å². The number of carbonyl (C=O) groups is 1. The van der Waals surface area contributed by atoms with E-state index in [4.69, 9.17) is 9.47 Å². The van der Waals surface area contributed by atoms with Gasteiger partial charge in [0.2, 0.25) is 0 Å². The van der Waals surface area contributed by atoms with E-state index in [1.165, 1.54) is 7.11 Å². The lowest BCUT2D eigenvalue weighted by Crippen LogP contribution is -2.19. The van der Waals surface area contributed by atoms with Gasteiger partial charge < -0.3 is 14.6 Å². The standard InChI is InChI=1S/C14H16N2O4/c1-19-14(18)12-9-5-4-6-10(17)13(9)16(15-12)11-7-2-3-8-20-11/h4-6,11,17H,2-3,7-8H2,1H3. The fourth-order valence-electron chi connectivity index (χ4n) is 2.55. The molecule has 1 saturated heterocycles. The van der Waals surface area contributed by atoms with Crippen molar-refractivity contribution in [2.45, 2.75) is 25.5 Å². The van der Waals surface area contributed by atoms with Gasteiger partial charge in [0.1, 0.15) is 11.3 Å². The van der Waals surface area contributed by atoms with Crippen molar-refractivity contribution in [2.75, 3.05) is 13.7 Å². The number of rotatable bonds is 2. The van der Waals surface area contributed by atoms with Gasteiger partial charge in [-0.1, -0.05) is 12.1 Å². The van der Waals surface area contributed by atoms with Gasteiger partial charge in [0, 0.05) is 12.0 Å². The van der Waals surface area contributed by atoms with E-state index >= 15 is 0 Å². The smallest absolute Gasteiger partial charge is 0.359 e. The number of hydrogen-bond donors (Lipinski definition) is 1. The summed E-state index contributed by atoms with van der Waals surface area (Å²) in [6, 6.07) is 5.00. The van der Waals surface area contributed by atoms with Crippen molar-refractivity contribution < 1.29 is 19.4 Å². The number of para-hydroxylation sites is 1. The first-order valence-electron chi connectivity index (χ1n) is 6.62. The van der Waals surface area contributed by atoms with E-state index in [2.05, 4.69) is 5.10 Å². The van der Waals surface area contributed by atoms with Gasteiger partial charge in [0.25, 0.3) is 0 Å². The van der Waals surface area contributed by atoms with Crippen LogP contribution < -0.4 is 0 Å². The van der Waals surface area contributed by atoms with Crippen molar-refractivity contribution >= 4 is 16.9 Å². The zero-order valence-corrected chi connectivity index (χ0v) is 11.2. The summed E-state index contributed by atoms with van der Waals surface area (Å²) in [6.07, 6.45) is 2.61. The van der Waals surface area contributed by atoms with E-state index in [9.17, 15) is 9.90 Å². The Morgan fingerprint density at radius 1 is 1.50 bits per heavy atom. The Balaban J connectivity index is 2.18. The molecule has 1 aromatic carbocycles. The van der Waals surface area contributed by atoms with Crippen LogP contribution in [0.4, 0.5) is 0 Å². The molecule has 1 aliphatic rings. The number of benzene rings is 1. The summed E-state index contributed by atoms with van der Waals surface area (Å²) in [6.45, 7) is 0.660. The Labute approximate surface area is 115 Å². The second-order valence-corrected chi connectivity index (χ2v) is 4.78. The fourth-order valence-corrected chi connectivity index (χ4v) is 2.55. The van der Waals surface area contributed by atoms with Gasteiger partial charge in [0.15, 0.2) is 11.9 Å². The molecule has 0 aliphatic carbocycles. The summed E-state index contributed by atoms with van der Waals surface area (Å²) < 4.78 is 12.0. The number of nitrogens with zero attached hydrogens (tertiary/aromatic N) is 2. The molecule has 6 nitrogen and oxygen atoms in total. The second kappa shape index (κ2) is 5.13. The predicted octanol–water partition coefficient (Wildman–Crippen LogP) is 2.23. The average Bonchev–Trinajstić information content (AvgIpc) is 2.88. The third-order valence-corrected chi connectivity index (χ3v) is 3.51. The number of phenolic OH excluding ortho intramolecular Hbond substituents is 1. The van der Waals surface area contributed by atoms with E-state index in [1.807, 2.05) is 0 Å². The van der Waals surface area contributed by atoms with Gasteiger partial charge >= 0.3 is 5.97 Å². The molecule has 1 aromatic heterocycles. The minimum atomic E-state index is -0.518. The van der Waals surface area contributed by atoms with Crippen molar-refractivity contribution in [3.8, 4) is 5.75 Å². The van der Waals surface area contributed by atoms with Crippen molar-refractivity contribution in [1.82, 2.24) is 9.78 Å². The number of esters is 1. The second-order valence-electron chi connectivity index (χ2n) is 4.78. The lowest BCUT2D eigenvalue weighted by molar-refractivity contribution is -0.0370. The van der Waals surface area contributed by atoms with Gasteiger partial charge in [-0.25, -0.2) is 9.48 Å². The first-order chi connectivity index (χ1) is 9.72. The first-order valence-corrected chi connectivity index (χ1v) is 6.62. The third kappa shape index (κ3) is 2.02. The number of hydrogen-bond acceptors (Lipinski definition) is 5. The van der Waals surface area contributed by atoms with E-state index in [0.29, 0.717) is 17.5 Å². The Morgan fingerprint density at radius 3 is 3.05 bits per heavy atom. The monoisotopic (exact) mass is 276 g/mol. The summed E-state index contributed by atoms with van der Waals surface area (Å²) >= 11 is 0. The molecule has 0 radical (unpaired) electrons. The molecule has 0 saturated carbocycles. The molecule has 20 heavy (non-hydrogen) atoms. The highest BCUT2D eigenvalue weighted by molar-refractivity contribution is 6.03. The quantitative estimate of drug-likeness (QED) is 0.851. The number of phenols is 1. The van der Waals surface area contributed by atoms with E-state index < -0.39 is 5.97 Å². The average molecular weight is 276 g/mol. The topological polar surface area (TPSA) is 73.6 Å². The number of methoxy groups -OCH3 is 1. The Morgan fingerprint density at radius 2 is 2.35 bits per heavy atom. The maximum atomic E-state index is 11.8. The van der Waals surface area contributed by atoms with Crippen molar-refractivity contribution in [2.24, 2.45) is 0 Å². The predicted molar refractivity (Wildman–Crippen MR) is 71.6 cm³/mol. The van der Waals surface area contributed by atoms with Gasteiger partial charge in [-0.05, 0) is 25.3 Å². The Hall–Kier alpha value is -2.08. The molecule has 2 heterocycles. The minimum absolute atomic E-state index is 0.0827. The zero-order valence-electron chi connectivity index (χ0n) is 11.2. The van der Waals surface area contributed by atoms with Crippen molar-refractivity contribution in [3.05, 3.63) is 23.9 Å². The van der Waals surface area contributed by atoms with Crippen LogP contribution in [-0.4, -0.2) is 34.6 Å². The summed E-state index contributed by atoms with van der Waals surface area (Å²) in [4.78, 5) is 11.8. The van der Waals surface area contributed by atoms with E-state index in [0.717, 1.165) is 19.3 Å². The number of ether oxygens (including phenoxy) is 2. The number of carbonyl (C=O) groups excluding carboxylic acids is 1. The van der Waals surface area contributed by atoms with Crippen LogP contribution in [0, 0.1) is 0 Å². The largest absolute Gasteiger partial charge is 0.506 e. The maximum absolute atomic E-state index is 11.8. The molecule has 0 bridgehead atoms. The normalized spacial score (nSPS) is 19.1. The molecule has 2 aromatic rings. The van der Waals surface area contributed by atoms with Crippen LogP contribution in [0.5, 0.6) is 5.75 Å². The SMILES string of the molecule is COC(=O)c1nn(C2CCCCO2)c2c(O)cccc12. The molecule has 1 aliphatic heterocycles. The molecular weight excluding hydrogens is 260 g/mol. The summed E-state index contributed by atoms with van der Waals surface area (Å²) in [5, 5.41) is 15.0. The van der Waals surface area contributed by atoms with Crippen LogP contribution in [0.15, 0.2) is 18.2 Å². The van der Waals surface area contributed by atoms with Gasteiger partial charge in [-0.3, -0.25) is 0 Å². The summed E-state index contributed by atoms with van der Waals surface area (Å²) in [7, 11) is 1.31. The van der Waals surface area contributed by atoms with Crippen molar-refractivity contribution in [3.63, 3.8) is 0 Å². The van der Waals surface area contributed by atoms with Gasteiger partial charge in [0.05, 0.1) is 7.11 Å². The highest BCUT2D eigenvalue weighted by Gasteiger charge is 2.25. The molecule has 1 N–H and O–H groups in total. The lowest BCUT2D eigenvalue weighted by atomic mass is 10.1. The molecule has 0 amide bonds. The third-order valence-electron chi connectivity index (χ3n) is 3.51. The zero-order chi connectivity index (χ0) is 14.1. The number of aromatic nitrogens is 2. The molecule has 1 atom stereocenters. The van der Waals surface area contributed by atoms with Crippen LogP contribution in [0.3, 0.4) is 0 Å². The van der Waals surface area contributed by atoms with Crippen LogP contribution in [0.25, 0.3) is 10.9 Å². The minimum Gasteiger partial charge on any atom is -0.506 e. The van der Waals surface area contributed by atoms with Crippen LogP contribution in [0.1, 0.15) is 36.0 Å². The highest BCUT2D eigenvalue weighted by Crippen LogP contribution is 2.32. The molecule has 1 fully saturated rings. The molecule has 0 spiro atoms. The Bertz CT molecular complexity index is 644. The molecule has 1 unspecified atom stereocenters. The van der Waals surface area contributed by atoms with Crippen LogP contribution >= 0.6 is 0 Å².